The first kappa shape index (κ1) is 9.51. The normalized spacial score (nSPS) is 10.5. The fourth-order valence-corrected chi connectivity index (χ4v) is 1.39. The van der Waals surface area contributed by atoms with E-state index >= 15 is 0 Å². The second kappa shape index (κ2) is 3.61. The van der Waals surface area contributed by atoms with Crippen LogP contribution in [0.1, 0.15) is 5.56 Å². The van der Waals surface area contributed by atoms with Crippen LogP contribution in [0, 0.1) is 5.82 Å². The average Bonchev–Trinajstić information content (AvgIpc) is 2.45. The first-order chi connectivity index (χ1) is 7.15. The molecule has 0 aliphatic rings. The quantitative estimate of drug-likeness (QED) is 0.769. The predicted octanol–water partition coefficient (Wildman–Crippen LogP) is 0.946. The first-order valence-electron chi connectivity index (χ1n) is 4.45. The van der Waals surface area contributed by atoms with Crippen molar-refractivity contribution in [1.29, 1.82) is 0 Å². The summed E-state index contributed by atoms with van der Waals surface area (Å²) in [6.45, 7) is 0.353. The molecule has 1 heterocycles. The molecule has 5 heteroatoms. The zero-order valence-electron chi connectivity index (χ0n) is 7.90. The molecule has 0 fully saturated rings. The van der Waals surface area contributed by atoms with Crippen LogP contribution in [0.4, 0.5) is 10.2 Å². The number of hydrogen-bond donors (Lipinski definition) is 2. The Bertz CT molecular complexity index is 529. The van der Waals surface area contributed by atoms with Gasteiger partial charge < -0.3 is 5.73 Å². The molecular formula is C10H10FN3O. The van der Waals surface area contributed by atoms with Gasteiger partial charge in [-0.25, -0.2) is 4.39 Å². The third-order valence-electron chi connectivity index (χ3n) is 2.07. The summed E-state index contributed by atoms with van der Waals surface area (Å²) in [7, 11) is 0. The maximum absolute atomic E-state index is 12.9. The summed E-state index contributed by atoms with van der Waals surface area (Å²) in [6.07, 6.45) is 0. The van der Waals surface area contributed by atoms with Gasteiger partial charge in [-0.3, -0.25) is 14.6 Å². The van der Waals surface area contributed by atoms with Crippen LogP contribution in [-0.4, -0.2) is 9.78 Å². The van der Waals surface area contributed by atoms with Crippen molar-refractivity contribution in [3.8, 4) is 0 Å². The van der Waals surface area contributed by atoms with E-state index in [0.717, 1.165) is 5.56 Å². The van der Waals surface area contributed by atoms with Gasteiger partial charge in [0.15, 0.2) is 0 Å². The van der Waals surface area contributed by atoms with E-state index in [4.69, 9.17) is 5.73 Å². The van der Waals surface area contributed by atoms with Gasteiger partial charge in [-0.1, -0.05) is 12.1 Å². The van der Waals surface area contributed by atoms with Crippen LogP contribution >= 0.6 is 0 Å². The number of nitrogen functional groups attached to an aromatic ring is 1. The number of H-pyrrole nitrogens is 1. The molecule has 0 aliphatic carbocycles. The molecule has 0 spiro atoms. The Morgan fingerprint density at radius 2 is 2.20 bits per heavy atom. The highest BCUT2D eigenvalue weighted by Gasteiger charge is 2.01. The SMILES string of the molecule is Nc1cc(=O)[nH]n1Cc1cccc(F)c1. The second-order valence-electron chi connectivity index (χ2n) is 3.26. The molecule has 0 radical (unpaired) electrons. The minimum Gasteiger partial charge on any atom is -0.384 e. The lowest BCUT2D eigenvalue weighted by atomic mass is 10.2. The van der Waals surface area contributed by atoms with Gasteiger partial charge in [0.1, 0.15) is 11.6 Å². The predicted molar refractivity (Wildman–Crippen MR) is 55.0 cm³/mol. The number of nitrogens with zero attached hydrogens (tertiary/aromatic N) is 1. The summed E-state index contributed by atoms with van der Waals surface area (Å²) in [4.78, 5) is 10.9. The molecule has 0 amide bonds. The van der Waals surface area contributed by atoms with Crippen LogP contribution in [0.25, 0.3) is 0 Å². The highest BCUT2D eigenvalue weighted by molar-refractivity contribution is 5.28. The number of nitrogens with one attached hydrogen (secondary N) is 1. The number of aromatic nitrogens is 2. The number of anilines is 1. The van der Waals surface area contributed by atoms with Crippen molar-refractivity contribution >= 4 is 5.82 Å². The van der Waals surface area contributed by atoms with Crippen LogP contribution in [0.15, 0.2) is 35.1 Å². The molecule has 0 atom stereocenters. The van der Waals surface area contributed by atoms with Crippen molar-refractivity contribution in [2.24, 2.45) is 0 Å². The van der Waals surface area contributed by atoms with Gasteiger partial charge in [0.2, 0.25) is 0 Å². The molecule has 4 nitrogen and oxygen atoms in total. The molecule has 2 rings (SSSR count). The molecular weight excluding hydrogens is 197 g/mol. The Hall–Kier alpha value is -2.04. The summed E-state index contributed by atoms with van der Waals surface area (Å²) in [5, 5.41) is 2.53. The minimum atomic E-state index is -0.305. The number of nitrogens with two attached hydrogens (primary N) is 1. The van der Waals surface area contributed by atoms with Crippen LogP contribution < -0.4 is 11.3 Å². The number of hydrogen-bond acceptors (Lipinski definition) is 2. The number of rotatable bonds is 2. The summed E-state index contributed by atoms with van der Waals surface area (Å²) in [5.74, 6) is 0.0323. The third-order valence-corrected chi connectivity index (χ3v) is 2.07. The van der Waals surface area contributed by atoms with E-state index in [9.17, 15) is 9.18 Å². The molecule has 0 unspecified atom stereocenters. The zero-order chi connectivity index (χ0) is 10.8. The van der Waals surface area contributed by atoms with Crippen LogP contribution in [0.5, 0.6) is 0 Å². The monoisotopic (exact) mass is 207 g/mol. The average molecular weight is 207 g/mol. The van der Waals surface area contributed by atoms with Crippen LogP contribution in [0.2, 0.25) is 0 Å². The topological polar surface area (TPSA) is 63.8 Å². The molecule has 3 N–H and O–H groups in total. The Balaban J connectivity index is 2.29. The van der Waals surface area contributed by atoms with Gasteiger partial charge in [-0.15, -0.1) is 0 Å². The molecule has 78 valence electrons. The fourth-order valence-electron chi connectivity index (χ4n) is 1.39. The van der Waals surface area contributed by atoms with Crippen LogP contribution in [-0.2, 0) is 6.54 Å². The lowest BCUT2D eigenvalue weighted by Crippen LogP contribution is -2.08. The standard InChI is InChI=1S/C10H10FN3O/c11-8-3-1-2-7(4-8)6-14-9(12)5-10(15)13-14/h1-5H,6,12H2,(H,13,15). The second-order valence-corrected chi connectivity index (χ2v) is 3.26. The minimum absolute atomic E-state index is 0.260. The Morgan fingerprint density at radius 1 is 1.40 bits per heavy atom. The number of halogens is 1. The lowest BCUT2D eigenvalue weighted by Gasteiger charge is -2.04. The van der Waals surface area contributed by atoms with Gasteiger partial charge in [0.05, 0.1) is 6.54 Å². The summed E-state index contributed by atoms with van der Waals surface area (Å²) >= 11 is 0. The van der Waals surface area contributed by atoms with Crippen molar-refractivity contribution in [2.45, 2.75) is 6.54 Å². The van der Waals surface area contributed by atoms with Crippen molar-refractivity contribution in [2.75, 3.05) is 5.73 Å². The molecule has 0 bridgehead atoms. The molecule has 1 aromatic carbocycles. The van der Waals surface area contributed by atoms with E-state index in [0.29, 0.717) is 12.4 Å². The largest absolute Gasteiger partial charge is 0.384 e. The van der Waals surface area contributed by atoms with Gasteiger partial charge >= 0.3 is 0 Å². The number of aromatic amines is 1. The van der Waals surface area contributed by atoms with Gasteiger partial charge in [-0.05, 0) is 17.7 Å². The van der Waals surface area contributed by atoms with Crippen molar-refractivity contribution < 1.29 is 4.39 Å². The molecule has 0 aliphatic heterocycles. The Kier molecular flexibility index (Phi) is 2.29. The van der Waals surface area contributed by atoms with Crippen LogP contribution in [0.3, 0.4) is 0 Å². The van der Waals surface area contributed by atoms with Crippen molar-refractivity contribution in [3.63, 3.8) is 0 Å². The van der Waals surface area contributed by atoms with E-state index in [1.54, 1.807) is 12.1 Å². The van der Waals surface area contributed by atoms with E-state index < -0.39 is 0 Å². The van der Waals surface area contributed by atoms with Gasteiger partial charge in [0, 0.05) is 6.07 Å². The smallest absolute Gasteiger partial charge is 0.266 e. The third kappa shape index (κ3) is 2.07. The molecule has 1 aromatic heterocycles. The van der Waals surface area contributed by atoms with Crippen molar-refractivity contribution in [1.82, 2.24) is 9.78 Å². The molecule has 0 saturated heterocycles. The first-order valence-corrected chi connectivity index (χ1v) is 4.45. The van der Waals surface area contributed by atoms with Crippen molar-refractivity contribution in [3.05, 3.63) is 52.1 Å². The Labute approximate surface area is 85.1 Å². The summed E-state index contributed by atoms with van der Waals surface area (Å²) in [6, 6.07) is 7.44. The summed E-state index contributed by atoms with van der Waals surface area (Å²) in [5.41, 5.74) is 6.05. The molecule has 0 saturated carbocycles. The molecule has 2 aromatic rings. The maximum Gasteiger partial charge on any atom is 0.266 e. The van der Waals surface area contributed by atoms with E-state index in [2.05, 4.69) is 5.10 Å². The summed E-state index contributed by atoms with van der Waals surface area (Å²) < 4.78 is 14.3. The number of benzene rings is 1. The fraction of sp³-hybridized carbons (Fsp3) is 0.100. The molecule has 15 heavy (non-hydrogen) atoms. The zero-order valence-corrected chi connectivity index (χ0v) is 7.90. The highest BCUT2D eigenvalue weighted by Crippen LogP contribution is 2.07. The van der Waals surface area contributed by atoms with Gasteiger partial charge in [0.25, 0.3) is 5.56 Å². The maximum atomic E-state index is 12.9. The van der Waals surface area contributed by atoms with E-state index in [1.165, 1.54) is 22.9 Å². The Morgan fingerprint density at radius 3 is 2.80 bits per heavy atom. The van der Waals surface area contributed by atoms with E-state index in [1.807, 2.05) is 0 Å². The van der Waals surface area contributed by atoms with Gasteiger partial charge in [-0.2, -0.15) is 0 Å². The highest BCUT2D eigenvalue weighted by atomic mass is 19.1. The lowest BCUT2D eigenvalue weighted by molar-refractivity contribution is 0.619. The van der Waals surface area contributed by atoms with E-state index in [-0.39, 0.29) is 11.4 Å².